The van der Waals surface area contributed by atoms with Gasteiger partial charge >= 0.3 is 0 Å². The Hall–Kier alpha value is -2.56. The molecule has 0 aliphatic rings. The van der Waals surface area contributed by atoms with Crippen LogP contribution in [0.15, 0.2) is 43.1 Å². The predicted molar refractivity (Wildman–Crippen MR) is 95.2 cm³/mol. The quantitative estimate of drug-likeness (QED) is 0.698. The Bertz CT molecular complexity index is 706. The van der Waals surface area contributed by atoms with Crippen LogP contribution in [0, 0.1) is 6.92 Å². The van der Waals surface area contributed by atoms with Gasteiger partial charge in [0.05, 0.1) is 11.8 Å². The molecule has 0 bridgehead atoms. The van der Waals surface area contributed by atoms with Crippen LogP contribution in [0.2, 0.25) is 0 Å². The molecule has 1 aromatic carbocycles. The first-order valence-corrected chi connectivity index (χ1v) is 8.25. The number of aromatic nitrogens is 2. The van der Waals surface area contributed by atoms with Crippen LogP contribution in [0.3, 0.4) is 0 Å². The molecule has 0 N–H and O–H groups in total. The van der Waals surface area contributed by atoms with Gasteiger partial charge in [0.2, 0.25) is 0 Å². The molecule has 24 heavy (non-hydrogen) atoms. The molecule has 1 amide bonds. The first kappa shape index (κ1) is 17.8. The summed E-state index contributed by atoms with van der Waals surface area (Å²) in [4.78, 5) is 14.7. The second-order valence-corrected chi connectivity index (χ2v) is 5.49. The third kappa shape index (κ3) is 3.85. The molecule has 0 radical (unpaired) electrons. The molecule has 5 heteroatoms. The van der Waals surface area contributed by atoms with E-state index >= 15 is 0 Å². The second-order valence-electron chi connectivity index (χ2n) is 5.49. The van der Waals surface area contributed by atoms with E-state index in [1.165, 1.54) is 0 Å². The van der Waals surface area contributed by atoms with E-state index in [2.05, 4.69) is 11.7 Å². The maximum Gasteiger partial charge on any atom is 0.257 e. The minimum absolute atomic E-state index is 0.00627. The Kier molecular flexibility index (Phi) is 6.18. The minimum atomic E-state index is -0.00627. The Balaban J connectivity index is 2.21. The van der Waals surface area contributed by atoms with E-state index in [9.17, 15) is 4.79 Å². The number of carbonyl (C=O) groups is 1. The molecule has 0 saturated heterocycles. The lowest BCUT2D eigenvalue weighted by molar-refractivity contribution is 0.0750. The van der Waals surface area contributed by atoms with Crippen molar-refractivity contribution in [3.05, 3.63) is 59.9 Å². The number of aryl methyl sites for hydroxylation is 1. The van der Waals surface area contributed by atoms with E-state index in [1.807, 2.05) is 49.7 Å². The highest BCUT2D eigenvalue weighted by Crippen LogP contribution is 2.21. The van der Waals surface area contributed by atoms with Crippen LogP contribution in [-0.2, 0) is 13.1 Å². The first-order valence-electron chi connectivity index (χ1n) is 8.25. The zero-order chi connectivity index (χ0) is 17.5. The predicted octanol–water partition coefficient (Wildman–Crippen LogP) is 3.44. The number of hydrogen-bond donors (Lipinski definition) is 0. The highest BCUT2D eigenvalue weighted by Gasteiger charge is 2.20. The number of nitrogens with zero attached hydrogens (tertiary/aromatic N) is 3. The van der Waals surface area contributed by atoms with Crippen LogP contribution in [0.5, 0.6) is 5.75 Å². The Morgan fingerprint density at radius 3 is 2.75 bits per heavy atom. The minimum Gasteiger partial charge on any atom is -0.489 e. The zero-order valence-electron chi connectivity index (χ0n) is 14.7. The van der Waals surface area contributed by atoms with Crippen molar-refractivity contribution in [3.63, 3.8) is 0 Å². The van der Waals surface area contributed by atoms with E-state index in [-0.39, 0.29) is 5.91 Å². The highest BCUT2D eigenvalue weighted by molar-refractivity contribution is 5.95. The van der Waals surface area contributed by atoms with E-state index in [0.29, 0.717) is 25.3 Å². The summed E-state index contributed by atoms with van der Waals surface area (Å²) in [6.45, 7) is 11.9. The largest absolute Gasteiger partial charge is 0.489 e. The first-order chi connectivity index (χ1) is 11.6. The average molecular weight is 327 g/mol. The third-order valence-corrected chi connectivity index (χ3v) is 3.99. The summed E-state index contributed by atoms with van der Waals surface area (Å²) >= 11 is 0. The molecule has 2 rings (SSSR count). The molecule has 128 valence electrons. The monoisotopic (exact) mass is 327 g/mol. The van der Waals surface area contributed by atoms with Crippen molar-refractivity contribution in [2.24, 2.45) is 0 Å². The smallest absolute Gasteiger partial charge is 0.257 e. The molecule has 5 nitrogen and oxygen atoms in total. The Morgan fingerprint density at radius 1 is 1.38 bits per heavy atom. The Morgan fingerprint density at radius 2 is 2.12 bits per heavy atom. The van der Waals surface area contributed by atoms with Gasteiger partial charge < -0.3 is 9.64 Å². The molecular weight excluding hydrogens is 302 g/mol. The number of hydrogen-bond acceptors (Lipinski definition) is 3. The lowest BCUT2D eigenvalue weighted by Gasteiger charge is -2.22. The molecule has 1 aromatic heterocycles. The van der Waals surface area contributed by atoms with Gasteiger partial charge in [0.1, 0.15) is 12.4 Å². The molecule has 0 aliphatic heterocycles. The van der Waals surface area contributed by atoms with Crippen LogP contribution in [-0.4, -0.2) is 33.7 Å². The summed E-state index contributed by atoms with van der Waals surface area (Å²) in [6, 6.07) is 7.78. The van der Waals surface area contributed by atoms with Gasteiger partial charge in [-0.15, -0.1) is 0 Å². The second kappa shape index (κ2) is 8.34. The van der Waals surface area contributed by atoms with Gasteiger partial charge in [0, 0.05) is 30.9 Å². The number of rotatable bonds is 8. The number of para-hydroxylation sites is 1. The van der Waals surface area contributed by atoms with E-state index in [0.717, 1.165) is 23.6 Å². The molecule has 2 aromatic rings. The van der Waals surface area contributed by atoms with Crippen LogP contribution in [0.1, 0.15) is 35.5 Å². The molecule has 0 atom stereocenters. The maximum absolute atomic E-state index is 12.9. The van der Waals surface area contributed by atoms with Gasteiger partial charge in [-0.05, 0) is 26.8 Å². The summed E-state index contributed by atoms with van der Waals surface area (Å²) in [7, 11) is 0. The van der Waals surface area contributed by atoms with Crippen molar-refractivity contribution in [1.29, 1.82) is 0 Å². The lowest BCUT2D eigenvalue weighted by Crippen LogP contribution is -2.30. The van der Waals surface area contributed by atoms with E-state index < -0.39 is 0 Å². The summed E-state index contributed by atoms with van der Waals surface area (Å²) in [5, 5.41) is 4.27. The molecule has 0 spiro atoms. The summed E-state index contributed by atoms with van der Waals surface area (Å²) < 4.78 is 7.53. The fourth-order valence-electron chi connectivity index (χ4n) is 2.60. The topological polar surface area (TPSA) is 47.4 Å². The zero-order valence-corrected chi connectivity index (χ0v) is 14.7. The van der Waals surface area contributed by atoms with Gasteiger partial charge in [-0.1, -0.05) is 30.9 Å². The van der Waals surface area contributed by atoms with Crippen LogP contribution >= 0.6 is 0 Å². The summed E-state index contributed by atoms with van der Waals surface area (Å²) in [6.07, 6.45) is 3.37. The van der Waals surface area contributed by atoms with E-state index in [4.69, 9.17) is 4.74 Å². The van der Waals surface area contributed by atoms with Crippen molar-refractivity contribution in [3.8, 4) is 5.75 Å². The molecule has 0 saturated carbocycles. The number of carbonyl (C=O) groups excluding carboxylic acids is 1. The van der Waals surface area contributed by atoms with Gasteiger partial charge in [0.15, 0.2) is 0 Å². The van der Waals surface area contributed by atoms with Gasteiger partial charge in [-0.3, -0.25) is 9.48 Å². The molecule has 0 unspecified atom stereocenters. The SMILES string of the molecule is C=CCOc1ccccc1CN(CC)C(=O)c1cnn(CC)c1C. The number of ether oxygens (including phenoxy) is 1. The fraction of sp³-hybridized carbons (Fsp3) is 0.368. The fourth-order valence-corrected chi connectivity index (χ4v) is 2.60. The molecular formula is C19H25N3O2. The van der Waals surface area contributed by atoms with Crippen LogP contribution in [0.4, 0.5) is 0 Å². The number of amides is 1. The van der Waals surface area contributed by atoms with Gasteiger partial charge in [-0.25, -0.2) is 0 Å². The normalized spacial score (nSPS) is 10.5. The van der Waals surface area contributed by atoms with Crippen molar-refractivity contribution >= 4 is 5.91 Å². The maximum atomic E-state index is 12.9. The van der Waals surface area contributed by atoms with Gasteiger partial charge in [-0.2, -0.15) is 5.10 Å². The van der Waals surface area contributed by atoms with Crippen molar-refractivity contribution in [2.45, 2.75) is 33.9 Å². The van der Waals surface area contributed by atoms with Crippen molar-refractivity contribution < 1.29 is 9.53 Å². The molecule has 0 aliphatic carbocycles. The Labute approximate surface area is 143 Å². The number of benzene rings is 1. The highest BCUT2D eigenvalue weighted by atomic mass is 16.5. The molecule has 1 heterocycles. The third-order valence-electron chi connectivity index (χ3n) is 3.99. The van der Waals surface area contributed by atoms with Crippen LogP contribution in [0.25, 0.3) is 0 Å². The average Bonchev–Trinajstić information content (AvgIpc) is 2.98. The summed E-state index contributed by atoms with van der Waals surface area (Å²) in [5.41, 5.74) is 2.54. The van der Waals surface area contributed by atoms with Crippen molar-refractivity contribution in [2.75, 3.05) is 13.2 Å². The van der Waals surface area contributed by atoms with E-state index in [1.54, 1.807) is 17.2 Å². The molecule has 0 fully saturated rings. The lowest BCUT2D eigenvalue weighted by atomic mass is 10.1. The van der Waals surface area contributed by atoms with Crippen LogP contribution < -0.4 is 4.74 Å². The standard InChI is InChI=1S/C19H25N3O2/c1-5-12-24-18-11-9-8-10-16(18)14-21(6-2)19(23)17-13-20-22(7-3)15(17)4/h5,8-11,13H,1,6-7,12,14H2,2-4H3. The van der Waals surface area contributed by atoms with Gasteiger partial charge in [0.25, 0.3) is 5.91 Å². The van der Waals surface area contributed by atoms with Crippen molar-refractivity contribution in [1.82, 2.24) is 14.7 Å². The summed E-state index contributed by atoms with van der Waals surface area (Å²) in [5.74, 6) is 0.776.